The van der Waals surface area contributed by atoms with Crippen molar-refractivity contribution in [2.75, 3.05) is 13.2 Å². The third-order valence-corrected chi connectivity index (χ3v) is 8.54. The van der Waals surface area contributed by atoms with Gasteiger partial charge in [0.05, 0.1) is 11.2 Å². The van der Waals surface area contributed by atoms with E-state index >= 15 is 0 Å². The van der Waals surface area contributed by atoms with Gasteiger partial charge in [0.1, 0.15) is 6.61 Å². The molecule has 0 bridgehead atoms. The Morgan fingerprint density at radius 3 is 2.00 bits per heavy atom. The molecular formula is C31H31BF3NO4S. The number of amides is 1. The number of rotatable bonds is 7. The number of carbonyl (C=O) groups excluding carboxylic acids is 1. The largest absolute Gasteiger partial charge is 0.492 e. The molecule has 2 aliphatic rings. The number of nitrogens with one attached hydrogen (secondary N) is 1. The summed E-state index contributed by atoms with van der Waals surface area (Å²) in [7, 11) is -0.766. The topological polar surface area (TPSA) is 56.8 Å². The van der Waals surface area contributed by atoms with Crippen LogP contribution in [0.4, 0.5) is 18.0 Å². The highest BCUT2D eigenvalue weighted by atomic mass is 32.2. The molecule has 1 aliphatic carbocycles. The smallest absolute Gasteiger partial charge is 0.449 e. The van der Waals surface area contributed by atoms with Gasteiger partial charge in [0.2, 0.25) is 0 Å². The number of ether oxygens (including phenoxy) is 1. The van der Waals surface area contributed by atoms with Crippen LogP contribution in [0.2, 0.25) is 0 Å². The van der Waals surface area contributed by atoms with E-state index in [1.54, 1.807) is 18.2 Å². The van der Waals surface area contributed by atoms with Gasteiger partial charge in [-0.3, -0.25) is 0 Å². The van der Waals surface area contributed by atoms with Crippen LogP contribution in [0.1, 0.15) is 50.3 Å². The zero-order chi connectivity index (χ0) is 29.4. The summed E-state index contributed by atoms with van der Waals surface area (Å²) in [5.74, 6) is -0.0701. The van der Waals surface area contributed by atoms with E-state index in [1.165, 1.54) is 12.1 Å². The Kier molecular flexibility index (Phi) is 8.02. The summed E-state index contributed by atoms with van der Waals surface area (Å²) in [5.41, 5.74) is 0.173. The zero-order valence-electron chi connectivity index (χ0n) is 23.2. The van der Waals surface area contributed by atoms with E-state index in [-0.39, 0.29) is 35.7 Å². The minimum Gasteiger partial charge on any atom is -0.449 e. The highest BCUT2D eigenvalue weighted by Crippen LogP contribution is 2.44. The molecule has 0 atom stereocenters. The molecule has 0 spiro atoms. The van der Waals surface area contributed by atoms with E-state index in [1.807, 2.05) is 52.0 Å². The van der Waals surface area contributed by atoms with Gasteiger partial charge in [0, 0.05) is 17.4 Å². The summed E-state index contributed by atoms with van der Waals surface area (Å²) in [6, 6.07) is 22.2. The number of alkyl carbamates (subject to hydrolysis) is 1. The van der Waals surface area contributed by atoms with Crippen molar-refractivity contribution in [2.24, 2.45) is 0 Å². The Bertz CT molecular complexity index is 1390. The summed E-state index contributed by atoms with van der Waals surface area (Å²) in [6.07, 6.45) is 1.17. The minimum absolute atomic E-state index is 0.0621. The normalized spacial score (nSPS) is 17.7. The summed E-state index contributed by atoms with van der Waals surface area (Å²) in [4.78, 5) is 13.0. The van der Waals surface area contributed by atoms with E-state index in [0.717, 1.165) is 22.3 Å². The molecule has 10 heteroatoms. The zero-order valence-corrected chi connectivity index (χ0v) is 24.1. The Labute approximate surface area is 242 Å². The van der Waals surface area contributed by atoms with Crippen molar-refractivity contribution in [1.82, 2.24) is 5.32 Å². The van der Waals surface area contributed by atoms with Gasteiger partial charge in [0.25, 0.3) is 0 Å². The molecular weight excluding hydrogens is 550 g/mol. The molecule has 0 aromatic heterocycles. The fourth-order valence-electron chi connectivity index (χ4n) is 5.00. The predicted octanol–water partition coefficient (Wildman–Crippen LogP) is 7.85. The van der Waals surface area contributed by atoms with Gasteiger partial charge < -0.3 is 19.4 Å². The molecule has 1 N–H and O–H groups in total. The number of alkyl halides is 3. The van der Waals surface area contributed by atoms with Crippen LogP contribution in [0.5, 0.6) is 0 Å². The highest BCUT2D eigenvalue weighted by Gasteiger charge is 2.52. The lowest BCUT2D eigenvalue weighted by molar-refractivity contribution is -0.0328. The molecule has 0 radical (unpaired) electrons. The monoisotopic (exact) mass is 581 g/mol. The van der Waals surface area contributed by atoms with Crippen molar-refractivity contribution in [3.05, 3.63) is 95.0 Å². The summed E-state index contributed by atoms with van der Waals surface area (Å²) >= 11 is -0.169. The first-order valence-corrected chi connectivity index (χ1v) is 14.2. The van der Waals surface area contributed by atoms with Crippen LogP contribution in [0.3, 0.4) is 0 Å². The minimum atomic E-state index is -4.36. The van der Waals surface area contributed by atoms with Gasteiger partial charge in [-0.1, -0.05) is 66.7 Å². The Morgan fingerprint density at radius 2 is 1.46 bits per heavy atom. The van der Waals surface area contributed by atoms with Crippen LogP contribution in [0.15, 0.2) is 83.2 Å². The maximum absolute atomic E-state index is 12.9. The molecule has 5 rings (SSSR count). The van der Waals surface area contributed by atoms with Crippen LogP contribution in [-0.2, 0) is 14.0 Å². The molecule has 5 nitrogen and oxygen atoms in total. The fourth-order valence-corrected chi connectivity index (χ4v) is 5.54. The second-order valence-corrected chi connectivity index (χ2v) is 12.2. The Morgan fingerprint density at radius 1 is 0.927 bits per heavy atom. The van der Waals surface area contributed by atoms with Gasteiger partial charge in [-0.2, -0.15) is 13.2 Å². The molecule has 1 saturated heterocycles. The number of carbonyl (C=O) groups is 1. The highest BCUT2D eigenvalue weighted by molar-refractivity contribution is 8.00. The first kappa shape index (κ1) is 29.3. The number of fused-ring (bicyclic) bond motifs is 3. The maximum Gasteiger partial charge on any atom is 0.492 e. The fraction of sp³-hybridized carbons (Fsp3) is 0.323. The maximum atomic E-state index is 12.9. The van der Waals surface area contributed by atoms with Gasteiger partial charge >= 0.3 is 18.7 Å². The quantitative estimate of drug-likeness (QED) is 0.228. The molecule has 41 heavy (non-hydrogen) atoms. The Balaban J connectivity index is 1.29. The van der Waals surface area contributed by atoms with E-state index in [9.17, 15) is 18.0 Å². The molecule has 214 valence electrons. The van der Waals surface area contributed by atoms with E-state index in [0.29, 0.717) is 11.0 Å². The van der Waals surface area contributed by atoms with Crippen molar-refractivity contribution in [1.29, 1.82) is 0 Å². The first-order valence-electron chi connectivity index (χ1n) is 13.3. The lowest BCUT2D eigenvalue weighted by atomic mass is 9.77. The average Bonchev–Trinajstić information content (AvgIpc) is 3.34. The molecule has 1 fully saturated rings. The number of benzene rings is 3. The van der Waals surface area contributed by atoms with Crippen LogP contribution >= 0.6 is 11.8 Å². The van der Waals surface area contributed by atoms with E-state index in [4.69, 9.17) is 14.0 Å². The average molecular weight is 581 g/mol. The molecule has 3 aromatic rings. The lowest BCUT2D eigenvalue weighted by Crippen LogP contribution is -2.41. The molecule has 1 heterocycles. The third kappa shape index (κ3) is 6.50. The summed E-state index contributed by atoms with van der Waals surface area (Å²) in [6.45, 7) is 7.93. The van der Waals surface area contributed by atoms with Gasteiger partial charge in [-0.25, -0.2) is 4.79 Å². The molecule has 0 unspecified atom stereocenters. The lowest BCUT2D eigenvalue weighted by Gasteiger charge is -2.32. The van der Waals surface area contributed by atoms with Crippen molar-refractivity contribution in [3.8, 4) is 11.1 Å². The van der Waals surface area contributed by atoms with Crippen LogP contribution in [0, 0.1) is 0 Å². The van der Waals surface area contributed by atoms with Gasteiger partial charge in [-0.15, -0.1) is 0 Å². The van der Waals surface area contributed by atoms with Gasteiger partial charge in [0.15, 0.2) is 0 Å². The molecule has 1 aliphatic heterocycles. The van der Waals surface area contributed by atoms with Crippen molar-refractivity contribution >= 4 is 31.0 Å². The first-order chi connectivity index (χ1) is 19.3. The molecule has 1 amide bonds. The Hall–Kier alpha value is -3.21. The second kappa shape index (κ2) is 11.2. The standard InChI is InChI=1S/C31H31BF3NO4S/c1-29(2)30(3,4)40-32(39-29)21(17-20-13-15-22(16-14-20)41-31(33,34)35)18-36-28(37)38-19-27-25-11-7-5-9-23(25)24-10-6-8-12-26(24)27/h5-17,27H,18-19H2,1-4H3,(H,36,37). The van der Waals surface area contributed by atoms with Gasteiger partial charge in [-0.05, 0) is 84.9 Å². The summed E-state index contributed by atoms with van der Waals surface area (Å²) < 4.78 is 56.3. The molecule has 0 saturated carbocycles. The predicted molar refractivity (Wildman–Crippen MR) is 155 cm³/mol. The summed E-state index contributed by atoms with van der Waals surface area (Å²) in [5, 5.41) is 2.81. The van der Waals surface area contributed by atoms with Crippen molar-refractivity contribution in [3.63, 3.8) is 0 Å². The van der Waals surface area contributed by atoms with Crippen molar-refractivity contribution in [2.45, 2.75) is 55.2 Å². The number of thioether (sulfide) groups is 1. The van der Waals surface area contributed by atoms with E-state index in [2.05, 4.69) is 29.6 Å². The van der Waals surface area contributed by atoms with Crippen LogP contribution in [0.25, 0.3) is 17.2 Å². The third-order valence-electron chi connectivity index (χ3n) is 7.80. The van der Waals surface area contributed by atoms with E-state index < -0.39 is 29.9 Å². The molecule has 3 aromatic carbocycles. The number of hydrogen-bond acceptors (Lipinski definition) is 5. The van der Waals surface area contributed by atoms with Crippen molar-refractivity contribution < 1.29 is 32.0 Å². The van der Waals surface area contributed by atoms with Crippen LogP contribution in [-0.4, -0.2) is 43.1 Å². The second-order valence-electron chi connectivity index (χ2n) is 11.1. The van der Waals surface area contributed by atoms with Crippen LogP contribution < -0.4 is 5.32 Å². The number of hydrogen-bond donors (Lipinski definition) is 1. The SMILES string of the molecule is CC1(C)OB(C(=Cc2ccc(SC(F)(F)F)cc2)CNC(=O)OCC2c3ccccc3-c3ccccc32)OC1(C)C. The number of halogens is 3.